The number of aliphatic hydroxyl groups excluding tert-OH is 1. The van der Waals surface area contributed by atoms with Crippen LogP contribution in [-0.4, -0.2) is 21.8 Å². The number of Topliss-reactive ketones (excluding diaryl/α,β-unsaturated/α-hetero) is 1. The topological polar surface area (TPSA) is 70.5 Å². The molecule has 150 valence electrons. The standard InChI is InChI=1S/C26H18N2O3/c29-24(19-14-13-17-8-4-5-9-18(17)16-19)22-23(21-12-6-7-15-27-21)28(26(31)25(22)30)20-10-2-1-3-11-20/h1-16,23,29H/b24-22-. The van der Waals surface area contributed by atoms with Gasteiger partial charge in [-0.3, -0.25) is 19.5 Å². The van der Waals surface area contributed by atoms with Crippen LogP contribution >= 0.6 is 0 Å². The van der Waals surface area contributed by atoms with Crippen molar-refractivity contribution in [2.45, 2.75) is 6.04 Å². The Morgan fingerprint density at radius 3 is 2.26 bits per heavy atom. The third-order valence-electron chi connectivity index (χ3n) is 5.47. The molecule has 0 bridgehead atoms. The number of carbonyl (C=O) groups excluding carboxylic acids is 2. The van der Waals surface area contributed by atoms with Crippen molar-refractivity contribution in [2.24, 2.45) is 0 Å². The summed E-state index contributed by atoms with van der Waals surface area (Å²) in [4.78, 5) is 32.0. The molecule has 0 saturated carbocycles. The van der Waals surface area contributed by atoms with Gasteiger partial charge < -0.3 is 5.11 Å². The summed E-state index contributed by atoms with van der Waals surface area (Å²) in [7, 11) is 0. The molecular weight excluding hydrogens is 388 g/mol. The highest BCUT2D eigenvalue weighted by Crippen LogP contribution is 2.41. The number of pyridine rings is 1. The average Bonchev–Trinajstić information content (AvgIpc) is 3.10. The number of hydrogen-bond donors (Lipinski definition) is 1. The monoisotopic (exact) mass is 406 g/mol. The highest BCUT2D eigenvalue weighted by Gasteiger charge is 2.47. The average molecular weight is 406 g/mol. The molecule has 0 aliphatic carbocycles. The van der Waals surface area contributed by atoms with Gasteiger partial charge in [0, 0.05) is 17.4 Å². The second-order valence-corrected chi connectivity index (χ2v) is 7.32. The van der Waals surface area contributed by atoms with E-state index in [0.29, 0.717) is 16.9 Å². The number of carbonyl (C=O) groups is 2. The molecule has 5 nitrogen and oxygen atoms in total. The zero-order valence-corrected chi connectivity index (χ0v) is 16.5. The number of amides is 1. The molecule has 5 rings (SSSR count). The van der Waals surface area contributed by atoms with E-state index in [4.69, 9.17) is 0 Å². The van der Waals surface area contributed by atoms with E-state index in [1.807, 2.05) is 42.5 Å². The van der Waals surface area contributed by atoms with Gasteiger partial charge in [-0.15, -0.1) is 0 Å². The maximum absolute atomic E-state index is 13.1. The Morgan fingerprint density at radius 2 is 1.52 bits per heavy atom. The van der Waals surface area contributed by atoms with Crippen molar-refractivity contribution in [3.8, 4) is 0 Å². The number of rotatable bonds is 3. The van der Waals surface area contributed by atoms with Gasteiger partial charge in [0.05, 0.1) is 11.3 Å². The second-order valence-electron chi connectivity index (χ2n) is 7.32. The highest BCUT2D eigenvalue weighted by atomic mass is 16.3. The number of benzene rings is 3. The van der Waals surface area contributed by atoms with E-state index in [1.54, 1.807) is 54.7 Å². The van der Waals surface area contributed by atoms with Crippen molar-refractivity contribution in [3.63, 3.8) is 0 Å². The van der Waals surface area contributed by atoms with E-state index in [9.17, 15) is 14.7 Å². The van der Waals surface area contributed by atoms with Crippen LogP contribution in [0, 0.1) is 0 Å². The zero-order chi connectivity index (χ0) is 21.4. The van der Waals surface area contributed by atoms with E-state index in [0.717, 1.165) is 10.8 Å². The minimum Gasteiger partial charge on any atom is -0.507 e. The molecule has 3 aromatic carbocycles. The summed E-state index contributed by atoms with van der Waals surface area (Å²) in [6.45, 7) is 0. The molecule has 1 aliphatic heterocycles. The van der Waals surface area contributed by atoms with Crippen LogP contribution in [0.15, 0.2) is 103 Å². The Balaban J connectivity index is 1.73. The lowest BCUT2D eigenvalue weighted by Gasteiger charge is -2.24. The van der Waals surface area contributed by atoms with Crippen molar-refractivity contribution in [1.82, 2.24) is 4.98 Å². The Labute approximate surface area is 178 Å². The van der Waals surface area contributed by atoms with Gasteiger partial charge in [0.15, 0.2) is 0 Å². The molecule has 2 heterocycles. The highest BCUT2D eigenvalue weighted by molar-refractivity contribution is 6.51. The lowest BCUT2D eigenvalue weighted by atomic mass is 9.97. The molecule has 1 atom stereocenters. The van der Waals surface area contributed by atoms with Crippen molar-refractivity contribution in [1.29, 1.82) is 0 Å². The lowest BCUT2D eigenvalue weighted by Crippen LogP contribution is -2.29. The third kappa shape index (κ3) is 3.16. The van der Waals surface area contributed by atoms with Crippen LogP contribution < -0.4 is 4.90 Å². The van der Waals surface area contributed by atoms with Crippen LogP contribution in [0.3, 0.4) is 0 Å². The third-order valence-corrected chi connectivity index (χ3v) is 5.47. The molecule has 5 heteroatoms. The Morgan fingerprint density at radius 1 is 0.806 bits per heavy atom. The fourth-order valence-electron chi connectivity index (χ4n) is 4.00. The zero-order valence-electron chi connectivity index (χ0n) is 16.5. The molecular formula is C26H18N2O3. The van der Waals surface area contributed by atoms with E-state index in [-0.39, 0.29) is 11.3 Å². The van der Waals surface area contributed by atoms with Crippen LogP contribution in [0.25, 0.3) is 16.5 Å². The Kier molecular flexibility index (Phi) is 4.56. The van der Waals surface area contributed by atoms with Gasteiger partial charge in [-0.05, 0) is 41.1 Å². The molecule has 31 heavy (non-hydrogen) atoms. The van der Waals surface area contributed by atoms with E-state index < -0.39 is 17.7 Å². The first kappa shape index (κ1) is 18.8. The summed E-state index contributed by atoms with van der Waals surface area (Å²) in [5.41, 5.74) is 1.58. The molecule has 1 aliphatic rings. The number of nitrogens with zero attached hydrogens (tertiary/aromatic N) is 2. The smallest absolute Gasteiger partial charge is 0.300 e. The SMILES string of the molecule is O=C1C(=O)N(c2ccccc2)C(c2ccccn2)/C1=C(/O)c1ccc2ccccc2c1. The number of hydrogen-bond acceptors (Lipinski definition) is 4. The van der Waals surface area contributed by atoms with Crippen LogP contribution in [0.2, 0.25) is 0 Å². The van der Waals surface area contributed by atoms with Gasteiger partial charge in [-0.25, -0.2) is 0 Å². The minimum absolute atomic E-state index is 0.0304. The Hall–Kier alpha value is -4.25. The molecule has 1 aromatic heterocycles. The summed E-state index contributed by atoms with van der Waals surface area (Å²) in [6.07, 6.45) is 1.61. The summed E-state index contributed by atoms with van der Waals surface area (Å²) in [5.74, 6) is -1.63. The second kappa shape index (κ2) is 7.54. The minimum atomic E-state index is -0.824. The molecule has 1 unspecified atom stereocenters. The predicted octanol–water partition coefficient (Wildman–Crippen LogP) is 4.86. The van der Waals surface area contributed by atoms with E-state index in [2.05, 4.69) is 4.98 Å². The number of para-hydroxylation sites is 1. The number of aromatic nitrogens is 1. The molecule has 0 spiro atoms. The predicted molar refractivity (Wildman–Crippen MR) is 119 cm³/mol. The van der Waals surface area contributed by atoms with Gasteiger partial charge in [0.2, 0.25) is 0 Å². The maximum atomic E-state index is 13.1. The molecule has 1 saturated heterocycles. The van der Waals surface area contributed by atoms with Crippen molar-refractivity contribution >= 4 is 33.9 Å². The summed E-state index contributed by atoms with van der Waals surface area (Å²) in [5, 5.41) is 13.2. The maximum Gasteiger partial charge on any atom is 0.300 e. The summed E-state index contributed by atoms with van der Waals surface area (Å²) in [6, 6.07) is 26.7. The summed E-state index contributed by atoms with van der Waals surface area (Å²) < 4.78 is 0. The fraction of sp³-hybridized carbons (Fsp3) is 0.0385. The Bertz CT molecular complexity index is 1330. The molecule has 1 fully saturated rings. The van der Waals surface area contributed by atoms with Gasteiger partial charge in [0.1, 0.15) is 11.8 Å². The fourth-order valence-corrected chi connectivity index (χ4v) is 4.00. The van der Waals surface area contributed by atoms with Gasteiger partial charge in [-0.1, -0.05) is 60.7 Å². The van der Waals surface area contributed by atoms with Crippen LogP contribution in [-0.2, 0) is 9.59 Å². The molecule has 1 N–H and O–H groups in total. The van der Waals surface area contributed by atoms with Crippen molar-refractivity contribution in [3.05, 3.63) is 114 Å². The van der Waals surface area contributed by atoms with E-state index in [1.165, 1.54) is 4.90 Å². The quantitative estimate of drug-likeness (QED) is 0.300. The van der Waals surface area contributed by atoms with Gasteiger partial charge in [-0.2, -0.15) is 0 Å². The number of aliphatic hydroxyl groups is 1. The molecule has 4 aromatic rings. The molecule has 0 radical (unpaired) electrons. The number of anilines is 1. The first-order valence-electron chi connectivity index (χ1n) is 9.91. The first-order valence-corrected chi connectivity index (χ1v) is 9.91. The largest absolute Gasteiger partial charge is 0.507 e. The van der Waals surface area contributed by atoms with Crippen LogP contribution in [0.4, 0.5) is 5.69 Å². The van der Waals surface area contributed by atoms with Gasteiger partial charge in [0.25, 0.3) is 11.7 Å². The van der Waals surface area contributed by atoms with Crippen molar-refractivity contribution < 1.29 is 14.7 Å². The lowest BCUT2D eigenvalue weighted by molar-refractivity contribution is -0.132. The van der Waals surface area contributed by atoms with E-state index >= 15 is 0 Å². The van der Waals surface area contributed by atoms with Crippen molar-refractivity contribution in [2.75, 3.05) is 4.90 Å². The summed E-state index contributed by atoms with van der Waals surface area (Å²) >= 11 is 0. The first-order chi connectivity index (χ1) is 15.1. The van der Waals surface area contributed by atoms with Crippen LogP contribution in [0.1, 0.15) is 17.3 Å². The normalized spacial score (nSPS) is 17.9. The molecule has 1 amide bonds. The van der Waals surface area contributed by atoms with Crippen LogP contribution in [0.5, 0.6) is 0 Å². The van der Waals surface area contributed by atoms with Gasteiger partial charge >= 0.3 is 0 Å². The number of ketones is 1. The number of fused-ring (bicyclic) bond motifs is 1.